The second-order valence-electron chi connectivity index (χ2n) is 7.38. The van der Waals surface area contributed by atoms with E-state index in [1.807, 2.05) is 48.5 Å². The van der Waals surface area contributed by atoms with Crippen molar-refractivity contribution in [3.05, 3.63) is 60.0 Å². The molecule has 2 heterocycles. The zero-order valence-corrected chi connectivity index (χ0v) is 17.1. The Labute approximate surface area is 175 Å². The molecule has 156 valence electrons. The average Bonchev–Trinajstić information content (AvgIpc) is 3.24. The van der Waals surface area contributed by atoms with E-state index < -0.39 is 5.91 Å². The molecule has 1 aliphatic heterocycles. The number of carbonyl (C=O) groups excluding carboxylic acids is 1. The fourth-order valence-electron chi connectivity index (χ4n) is 3.36. The predicted molar refractivity (Wildman–Crippen MR) is 116 cm³/mol. The zero-order valence-electron chi connectivity index (χ0n) is 17.1. The number of carbonyl (C=O) groups is 1. The Kier molecular flexibility index (Phi) is 5.94. The molecular weight excluding hydrogens is 382 g/mol. The molecule has 2 aromatic carbocycles. The van der Waals surface area contributed by atoms with Crippen LogP contribution >= 0.6 is 0 Å². The van der Waals surface area contributed by atoms with Crippen molar-refractivity contribution in [2.75, 3.05) is 41.8 Å². The second-order valence-corrected chi connectivity index (χ2v) is 7.38. The first kappa shape index (κ1) is 19.9. The van der Waals surface area contributed by atoms with E-state index in [-0.39, 0.29) is 11.9 Å². The van der Waals surface area contributed by atoms with E-state index in [0.717, 1.165) is 43.2 Å². The molecule has 0 atom stereocenters. The van der Waals surface area contributed by atoms with Gasteiger partial charge in [0.05, 0.1) is 13.2 Å². The van der Waals surface area contributed by atoms with Gasteiger partial charge in [-0.25, -0.2) is 0 Å². The van der Waals surface area contributed by atoms with Gasteiger partial charge < -0.3 is 24.7 Å². The van der Waals surface area contributed by atoms with Crippen LogP contribution in [0.25, 0.3) is 0 Å². The predicted octanol–water partition coefficient (Wildman–Crippen LogP) is 4.03. The zero-order chi connectivity index (χ0) is 20.9. The molecule has 0 radical (unpaired) electrons. The Morgan fingerprint density at radius 2 is 1.77 bits per heavy atom. The van der Waals surface area contributed by atoms with Crippen molar-refractivity contribution in [3.63, 3.8) is 0 Å². The Hall–Kier alpha value is -3.39. The molecule has 4 rings (SSSR count). The average molecular weight is 407 g/mol. The number of benzene rings is 2. The van der Waals surface area contributed by atoms with E-state index in [9.17, 15) is 4.79 Å². The summed E-state index contributed by atoms with van der Waals surface area (Å²) in [6.45, 7) is 7.41. The van der Waals surface area contributed by atoms with Gasteiger partial charge in [0, 0.05) is 30.2 Å². The third kappa shape index (κ3) is 4.60. The van der Waals surface area contributed by atoms with Gasteiger partial charge in [0.1, 0.15) is 0 Å². The number of hydrogen-bond acceptors (Lipinski definition) is 7. The summed E-state index contributed by atoms with van der Waals surface area (Å²) in [6, 6.07) is 15.7. The second kappa shape index (κ2) is 8.96. The minimum Gasteiger partial charge on any atom is -0.399 e. The molecule has 8 heteroatoms. The molecule has 1 aromatic heterocycles. The highest BCUT2D eigenvalue weighted by Crippen LogP contribution is 2.26. The van der Waals surface area contributed by atoms with Gasteiger partial charge in [-0.3, -0.25) is 4.79 Å². The summed E-state index contributed by atoms with van der Waals surface area (Å²) < 4.78 is 10.9. The van der Waals surface area contributed by atoms with Gasteiger partial charge in [-0.2, -0.15) is 0 Å². The molecule has 2 N–H and O–H groups in total. The van der Waals surface area contributed by atoms with Crippen LogP contribution in [0.2, 0.25) is 0 Å². The summed E-state index contributed by atoms with van der Waals surface area (Å²) in [5, 5.41) is 13.7. The number of aromatic nitrogens is 2. The van der Waals surface area contributed by atoms with Crippen LogP contribution in [0.15, 0.2) is 52.9 Å². The number of rotatable bonds is 6. The van der Waals surface area contributed by atoms with Crippen LogP contribution in [0.4, 0.5) is 23.1 Å². The van der Waals surface area contributed by atoms with Crippen molar-refractivity contribution in [2.45, 2.75) is 19.8 Å². The van der Waals surface area contributed by atoms with Crippen LogP contribution in [0, 0.1) is 0 Å². The molecule has 0 saturated carbocycles. The molecule has 8 nitrogen and oxygen atoms in total. The largest absolute Gasteiger partial charge is 0.399 e. The molecule has 0 bridgehead atoms. The van der Waals surface area contributed by atoms with Gasteiger partial charge in [-0.1, -0.05) is 37.1 Å². The number of anilines is 4. The highest BCUT2D eigenvalue weighted by molar-refractivity contribution is 6.01. The first-order valence-corrected chi connectivity index (χ1v) is 10.0. The monoisotopic (exact) mass is 407 g/mol. The van der Waals surface area contributed by atoms with Gasteiger partial charge >= 0.3 is 17.8 Å². The van der Waals surface area contributed by atoms with Crippen LogP contribution in [0.3, 0.4) is 0 Å². The summed E-state index contributed by atoms with van der Waals surface area (Å²) in [4.78, 5) is 14.7. The molecule has 0 aliphatic carbocycles. The highest BCUT2D eigenvalue weighted by atomic mass is 16.5. The minimum absolute atomic E-state index is 0.100. The molecular formula is C22H25N5O3. The van der Waals surface area contributed by atoms with E-state index in [1.54, 1.807) is 0 Å². The lowest BCUT2D eigenvalue weighted by atomic mass is 10.0. The maximum absolute atomic E-state index is 12.5. The fourth-order valence-corrected chi connectivity index (χ4v) is 3.36. The molecule has 1 saturated heterocycles. The number of para-hydroxylation sites is 1. The van der Waals surface area contributed by atoms with Gasteiger partial charge in [0.15, 0.2) is 0 Å². The number of nitrogens with zero attached hydrogens (tertiary/aromatic N) is 3. The van der Waals surface area contributed by atoms with Gasteiger partial charge in [-0.05, 0) is 41.8 Å². The first-order chi connectivity index (χ1) is 14.6. The van der Waals surface area contributed by atoms with Crippen molar-refractivity contribution >= 4 is 29.0 Å². The Balaban J connectivity index is 1.39. The lowest BCUT2D eigenvalue weighted by molar-refractivity contribution is 0.0991. The van der Waals surface area contributed by atoms with Gasteiger partial charge in [0.25, 0.3) is 0 Å². The Morgan fingerprint density at radius 1 is 1.03 bits per heavy atom. The molecule has 1 aliphatic rings. The van der Waals surface area contributed by atoms with E-state index >= 15 is 0 Å². The number of nitrogens with one attached hydrogen (secondary N) is 2. The third-order valence-electron chi connectivity index (χ3n) is 4.95. The van der Waals surface area contributed by atoms with E-state index in [1.165, 1.54) is 0 Å². The van der Waals surface area contributed by atoms with Crippen molar-refractivity contribution in [3.8, 4) is 0 Å². The SMILES string of the molecule is CC(C)c1ccccc1Nc1nnc(C(=O)Nc2ccc(N3CCOCC3)cc2)o1. The number of ether oxygens (including phenoxy) is 1. The Bertz CT molecular complexity index is 994. The van der Waals surface area contributed by atoms with Crippen molar-refractivity contribution < 1.29 is 13.9 Å². The summed E-state index contributed by atoms with van der Waals surface area (Å²) in [6.07, 6.45) is 0. The summed E-state index contributed by atoms with van der Waals surface area (Å²) in [7, 11) is 0. The van der Waals surface area contributed by atoms with E-state index in [4.69, 9.17) is 9.15 Å². The van der Waals surface area contributed by atoms with Crippen LogP contribution in [0.5, 0.6) is 0 Å². The van der Waals surface area contributed by atoms with Crippen LogP contribution in [0.1, 0.15) is 36.0 Å². The quantitative estimate of drug-likeness (QED) is 0.637. The molecule has 3 aromatic rings. The summed E-state index contributed by atoms with van der Waals surface area (Å²) in [5.74, 6) is -0.219. The highest BCUT2D eigenvalue weighted by Gasteiger charge is 2.17. The normalized spacial score (nSPS) is 14.0. The summed E-state index contributed by atoms with van der Waals surface area (Å²) in [5.41, 5.74) is 3.77. The lowest BCUT2D eigenvalue weighted by Gasteiger charge is -2.28. The van der Waals surface area contributed by atoms with E-state index in [2.05, 4.69) is 39.6 Å². The van der Waals surface area contributed by atoms with Crippen LogP contribution < -0.4 is 15.5 Å². The fraction of sp³-hybridized carbons (Fsp3) is 0.318. The van der Waals surface area contributed by atoms with Crippen molar-refractivity contribution in [1.82, 2.24) is 10.2 Å². The van der Waals surface area contributed by atoms with Crippen molar-refractivity contribution in [1.29, 1.82) is 0 Å². The van der Waals surface area contributed by atoms with Gasteiger partial charge in [0.2, 0.25) is 0 Å². The maximum atomic E-state index is 12.5. The van der Waals surface area contributed by atoms with E-state index in [0.29, 0.717) is 11.6 Å². The first-order valence-electron chi connectivity index (χ1n) is 10.0. The number of amides is 1. The molecule has 0 spiro atoms. The topological polar surface area (TPSA) is 92.5 Å². The molecule has 1 fully saturated rings. The third-order valence-corrected chi connectivity index (χ3v) is 4.95. The lowest BCUT2D eigenvalue weighted by Crippen LogP contribution is -2.36. The number of morpholine rings is 1. The smallest absolute Gasteiger partial charge is 0.320 e. The van der Waals surface area contributed by atoms with Gasteiger partial charge in [-0.15, -0.1) is 5.10 Å². The minimum atomic E-state index is -0.452. The summed E-state index contributed by atoms with van der Waals surface area (Å²) >= 11 is 0. The molecule has 0 unspecified atom stereocenters. The number of hydrogen-bond donors (Lipinski definition) is 2. The molecule has 1 amide bonds. The van der Waals surface area contributed by atoms with Crippen LogP contribution in [-0.2, 0) is 4.74 Å². The Morgan fingerprint density at radius 3 is 2.50 bits per heavy atom. The maximum Gasteiger partial charge on any atom is 0.320 e. The molecule has 30 heavy (non-hydrogen) atoms. The van der Waals surface area contributed by atoms with Crippen LogP contribution in [-0.4, -0.2) is 42.4 Å². The standard InChI is InChI=1S/C22H25N5O3/c1-15(2)18-5-3-4-6-19(18)24-22-26-25-21(30-22)20(28)23-16-7-9-17(10-8-16)27-11-13-29-14-12-27/h3-10,15H,11-14H2,1-2H3,(H,23,28)(H,24,26). The van der Waals surface area contributed by atoms with Crippen molar-refractivity contribution in [2.24, 2.45) is 0 Å².